The lowest BCUT2D eigenvalue weighted by atomic mass is 9.84. The minimum atomic E-state index is -0.894. The Morgan fingerprint density at radius 1 is 1.57 bits per heavy atom. The monoisotopic (exact) mass is 296 g/mol. The van der Waals surface area contributed by atoms with Crippen LogP contribution in [0.2, 0.25) is 0 Å². The van der Waals surface area contributed by atoms with Gasteiger partial charge in [-0.05, 0) is 31.4 Å². The first-order valence-electron chi connectivity index (χ1n) is 6.73. The van der Waals surface area contributed by atoms with E-state index in [1.807, 2.05) is 0 Å². The van der Waals surface area contributed by atoms with Crippen molar-refractivity contribution in [1.82, 2.24) is 0 Å². The van der Waals surface area contributed by atoms with Gasteiger partial charge in [-0.15, -0.1) is 0 Å². The molecule has 1 unspecified atom stereocenters. The average molecular weight is 296 g/mol. The van der Waals surface area contributed by atoms with Crippen molar-refractivity contribution in [2.45, 2.75) is 26.7 Å². The van der Waals surface area contributed by atoms with Crippen LogP contribution in [0.1, 0.15) is 25.3 Å². The maximum absolute atomic E-state index is 13.5. The molecule has 1 saturated heterocycles. The molecular formula is C14H17FN2O4. The van der Waals surface area contributed by atoms with Gasteiger partial charge >= 0.3 is 5.97 Å². The first kappa shape index (κ1) is 15.2. The third kappa shape index (κ3) is 2.55. The molecule has 1 aromatic rings. The van der Waals surface area contributed by atoms with Gasteiger partial charge in [-0.1, -0.05) is 6.92 Å². The van der Waals surface area contributed by atoms with E-state index < -0.39 is 22.1 Å². The fourth-order valence-electron chi connectivity index (χ4n) is 2.75. The summed E-state index contributed by atoms with van der Waals surface area (Å²) in [4.78, 5) is 23.6. The third-order valence-electron chi connectivity index (χ3n) is 4.28. The van der Waals surface area contributed by atoms with Crippen LogP contribution in [0.5, 0.6) is 0 Å². The molecule has 114 valence electrons. The van der Waals surface area contributed by atoms with Crippen molar-refractivity contribution >= 4 is 17.3 Å². The van der Waals surface area contributed by atoms with Crippen LogP contribution in [0.3, 0.4) is 0 Å². The van der Waals surface area contributed by atoms with Crippen molar-refractivity contribution in [2.24, 2.45) is 5.41 Å². The van der Waals surface area contributed by atoms with Gasteiger partial charge in [0.15, 0.2) is 0 Å². The van der Waals surface area contributed by atoms with Crippen LogP contribution >= 0.6 is 0 Å². The van der Waals surface area contributed by atoms with Gasteiger partial charge in [-0.25, -0.2) is 4.39 Å². The third-order valence-corrected chi connectivity index (χ3v) is 4.28. The summed E-state index contributed by atoms with van der Waals surface area (Å²) in [5.74, 6) is -1.53. The quantitative estimate of drug-likeness (QED) is 0.682. The lowest BCUT2D eigenvalue weighted by Gasteiger charge is -2.24. The van der Waals surface area contributed by atoms with E-state index in [1.54, 1.807) is 11.8 Å². The zero-order chi connectivity index (χ0) is 15.8. The van der Waals surface area contributed by atoms with Gasteiger partial charge < -0.3 is 10.0 Å². The second-order valence-electron chi connectivity index (χ2n) is 5.46. The molecule has 0 aliphatic carbocycles. The predicted molar refractivity (Wildman–Crippen MR) is 75.0 cm³/mol. The number of nitro benzene ring substituents is 1. The van der Waals surface area contributed by atoms with E-state index in [9.17, 15) is 24.4 Å². The summed E-state index contributed by atoms with van der Waals surface area (Å²) in [7, 11) is 0. The average Bonchev–Trinajstić information content (AvgIpc) is 2.86. The number of benzene rings is 1. The zero-order valence-electron chi connectivity index (χ0n) is 11.9. The number of aryl methyl sites for hydroxylation is 1. The van der Waals surface area contributed by atoms with E-state index in [1.165, 1.54) is 13.0 Å². The number of nitrogens with zero attached hydrogens (tertiary/aromatic N) is 2. The lowest BCUT2D eigenvalue weighted by molar-refractivity contribution is -0.384. The van der Waals surface area contributed by atoms with E-state index >= 15 is 0 Å². The summed E-state index contributed by atoms with van der Waals surface area (Å²) in [6.45, 7) is 3.93. The highest BCUT2D eigenvalue weighted by atomic mass is 19.1. The summed E-state index contributed by atoms with van der Waals surface area (Å²) in [5, 5.41) is 20.5. The molecule has 1 fully saturated rings. The topological polar surface area (TPSA) is 83.7 Å². The molecule has 0 spiro atoms. The van der Waals surface area contributed by atoms with E-state index in [0.717, 1.165) is 6.07 Å². The van der Waals surface area contributed by atoms with Crippen LogP contribution in [-0.2, 0) is 4.79 Å². The molecule has 2 rings (SSSR count). The number of carboxylic acid groups (broad SMARTS) is 1. The number of halogens is 1. The maximum atomic E-state index is 13.5. The van der Waals surface area contributed by atoms with Crippen molar-refractivity contribution < 1.29 is 19.2 Å². The Morgan fingerprint density at radius 2 is 2.24 bits per heavy atom. The highest BCUT2D eigenvalue weighted by Gasteiger charge is 2.44. The molecule has 1 heterocycles. The molecule has 21 heavy (non-hydrogen) atoms. The Hall–Kier alpha value is -2.18. The Bertz CT molecular complexity index is 605. The van der Waals surface area contributed by atoms with Gasteiger partial charge in [-0.3, -0.25) is 14.9 Å². The zero-order valence-corrected chi connectivity index (χ0v) is 11.9. The number of hydrogen-bond donors (Lipinski definition) is 1. The van der Waals surface area contributed by atoms with Crippen LogP contribution in [0.25, 0.3) is 0 Å². The molecule has 0 aromatic heterocycles. The number of rotatable bonds is 4. The van der Waals surface area contributed by atoms with E-state index in [0.29, 0.717) is 24.9 Å². The van der Waals surface area contributed by atoms with E-state index in [-0.39, 0.29) is 17.9 Å². The van der Waals surface area contributed by atoms with Crippen molar-refractivity contribution in [2.75, 3.05) is 18.0 Å². The van der Waals surface area contributed by atoms with Gasteiger partial charge in [0, 0.05) is 13.1 Å². The second kappa shape index (κ2) is 5.31. The number of anilines is 1. The van der Waals surface area contributed by atoms with Crippen molar-refractivity contribution in [3.05, 3.63) is 33.6 Å². The highest BCUT2D eigenvalue weighted by Crippen LogP contribution is 2.40. The van der Waals surface area contributed by atoms with Crippen LogP contribution in [0.4, 0.5) is 15.8 Å². The number of carbonyl (C=O) groups is 1. The molecule has 0 amide bonds. The Labute approximate surface area is 121 Å². The van der Waals surface area contributed by atoms with Crippen LogP contribution in [-0.4, -0.2) is 29.1 Å². The highest BCUT2D eigenvalue weighted by molar-refractivity contribution is 5.77. The Kier molecular flexibility index (Phi) is 3.85. The SMILES string of the molecule is CCC1(C(=O)O)CCN(c2cc(C)c(F)cc2[N+](=O)[O-])C1. The molecule has 1 aliphatic heterocycles. The largest absolute Gasteiger partial charge is 0.481 e. The van der Waals surface area contributed by atoms with Gasteiger partial charge in [0.05, 0.1) is 16.4 Å². The van der Waals surface area contributed by atoms with Crippen LogP contribution in [0, 0.1) is 28.3 Å². The number of nitro groups is 1. The molecule has 1 aromatic carbocycles. The molecule has 1 aliphatic rings. The summed E-state index contributed by atoms with van der Waals surface area (Å²) in [5.41, 5.74) is -0.623. The van der Waals surface area contributed by atoms with E-state index in [2.05, 4.69) is 0 Å². The molecule has 0 radical (unpaired) electrons. The maximum Gasteiger partial charge on any atom is 0.311 e. The Balaban J connectivity index is 2.42. The van der Waals surface area contributed by atoms with Crippen LogP contribution in [0.15, 0.2) is 12.1 Å². The van der Waals surface area contributed by atoms with Gasteiger partial charge in [0.1, 0.15) is 11.5 Å². The molecule has 1 N–H and O–H groups in total. The fraction of sp³-hybridized carbons (Fsp3) is 0.500. The summed E-state index contributed by atoms with van der Waals surface area (Å²) >= 11 is 0. The second-order valence-corrected chi connectivity index (χ2v) is 5.46. The van der Waals surface area contributed by atoms with Gasteiger partial charge in [-0.2, -0.15) is 0 Å². The van der Waals surface area contributed by atoms with Crippen molar-refractivity contribution in [3.63, 3.8) is 0 Å². The molecule has 6 nitrogen and oxygen atoms in total. The van der Waals surface area contributed by atoms with Crippen molar-refractivity contribution in [1.29, 1.82) is 0 Å². The molecule has 0 bridgehead atoms. The van der Waals surface area contributed by atoms with Gasteiger partial charge in [0.25, 0.3) is 5.69 Å². The first-order chi connectivity index (χ1) is 9.80. The number of hydrogen-bond acceptors (Lipinski definition) is 4. The Morgan fingerprint density at radius 3 is 2.71 bits per heavy atom. The number of carboxylic acids is 1. The molecule has 7 heteroatoms. The van der Waals surface area contributed by atoms with E-state index in [4.69, 9.17) is 0 Å². The normalized spacial score (nSPS) is 21.6. The summed E-state index contributed by atoms with van der Waals surface area (Å²) in [6.07, 6.45) is 0.874. The van der Waals surface area contributed by atoms with Crippen LogP contribution < -0.4 is 4.90 Å². The standard InChI is InChI=1S/C14H17FN2O4/c1-3-14(13(18)19)4-5-16(8-14)11-6-9(2)10(15)7-12(11)17(20)21/h6-7H,3-5,8H2,1-2H3,(H,18,19). The number of aliphatic carboxylic acids is 1. The molecular weight excluding hydrogens is 279 g/mol. The minimum Gasteiger partial charge on any atom is -0.481 e. The van der Waals surface area contributed by atoms with Crippen molar-refractivity contribution in [3.8, 4) is 0 Å². The summed E-state index contributed by atoms with van der Waals surface area (Å²) in [6, 6.07) is 2.32. The fourth-order valence-corrected chi connectivity index (χ4v) is 2.75. The lowest BCUT2D eigenvalue weighted by Crippen LogP contribution is -2.34. The first-order valence-corrected chi connectivity index (χ1v) is 6.73. The smallest absolute Gasteiger partial charge is 0.311 e. The predicted octanol–water partition coefficient (Wildman–Crippen LogP) is 2.73. The summed E-state index contributed by atoms with van der Waals surface area (Å²) < 4.78 is 13.5. The molecule has 1 atom stereocenters. The molecule has 0 saturated carbocycles. The minimum absolute atomic E-state index is 0.199. The van der Waals surface area contributed by atoms with Gasteiger partial charge in [0.2, 0.25) is 0 Å².